The second-order valence-corrected chi connectivity index (χ2v) is 6.41. The summed E-state index contributed by atoms with van der Waals surface area (Å²) < 4.78 is 1.96. The molecular formula is C18H20N6O. The summed E-state index contributed by atoms with van der Waals surface area (Å²) >= 11 is 0. The van der Waals surface area contributed by atoms with Crippen molar-refractivity contribution in [3.05, 3.63) is 42.6 Å². The molecule has 0 saturated carbocycles. The van der Waals surface area contributed by atoms with Crippen LogP contribution in [0.2, 0.25) is 0 Å². The van der Waals surface area contributed by atoms with Crippen molar-refractivity contribution >= 4 is 16.9 Å². The van der Waals surface area contributed by atoms with E-state index in [2.05, 4.69) is 26.9 Å². The fourth-order valence-corrected chi connectivity index (χ4v) is 3.16. The summed E-state index contributed by atoms with van der Waals surface area (Å²) in [5.74, 6) is -0.0548. The predicted molar refractivity (Wildman–Crippen MR) is 95.1 cm³/mol. The van der Waals surface area contributed by atoms with Gasteiger partial charge in [-0.25, -0.2) is 9.97 Å². The van der Waals surface area contributed by atoms with E-state index < -0.39 is 0 Å². The quantitative estimate of drug-likeness (QED) is 0.708. The standard InChI is InChI=1S/C18H20N6O/c1-22-7-9-24(10-8-22)18(25)16-12-19-11-15(21-16)13-3-5-20-17-14(13)4-6-23(17)2/h3-6,11-12H,7-10H2,1-2H3. The number of rotatable bonds is 2. The Morgan fingerprint density at radius 1 is 1.08 bits per heavy atom. The molecule has 0 spiro atoms. The molecule has 7 heteroatoms. The maximum absolute atomic E-state index is 12.7. The van der Waals surface area contributed by atoms with Gasteiger partial charge in [-0.15, -0.1) is 0 Å². The molecule has 1 aliphatic heterocycles. The third-order valence-corrected chi connectivity index (χ3v) is 4.69. The monoisotopic (exact) mass is 336 g/mol. The Morgan fingerprint density at radius 2 is 1.88 bits per heavy atom. The molecule has 3 aromatic heterocycles. The number of hydrogen-bond donors (Lipinski definition) is 0. The zero-order valence-electron chi connectivity index (χ0n) is 14.4. The second-order valence-electron chi connectivity index (χ2n) is 6.41. The van der Waals surface area contributed by atoms with E-state index >= 15 is 0 Å². The molecule has 0 aromatic carbocycles. The first-order valence-electron chi connectivity index (χ1n) is 8.34. The Balaban J connectivity index is 1.68. The molecule has 0 bridgehead atoms. The highest BCUT2D eigenvalue weighted by Crippen LogP contribution is 2.26. The largest absolute Gasteiger partial charge is 0.336 e. The topological polar surface area (TPSA) is 67.2 Å². The number of likely N-dealkylation sites (N-methyl/N-ethyl adjacent to an activating group) is 1. The smallest absolute Gasteiger partial charge is 0.274 e. The highest BCUT2D eigenvalue weighted by Gasteiger charge is 2.22. The van der Waals surface area contributed by atoms with Crippen molar-refractivity contribution in [1.82, 2.24) is 29.3 Å². The molecule has 1 saturated heterocycles. The molecule has 4 rings (SSSR count). The number of hydrogen-bond acceptors (Lipinski definition) is 5. The van der Waals surface area contributed by atoms with Crippen LogP contribution in [0.5, 0.6) is 0 Å². The first kappa shape index (κ1) is 15.7. The van der Waals surface area contributed by atoms with Gasteiger partial charge in [0.1, 0.15) is 11.3 Å². The molecule has 0 unspecified atom stereocenters. The van der Waals surface area contributed by atoms with E-state index in [-0.39, 0.29) is 5.91 Å². The molecule has 25 heavy (non-hydrogen) atoms. The average Bonchev–Trinajstić information content (AvgIpc) is 3.03. The van der Waals surface area contributed by atoms with E-state index in [1.54, 1.807) is 18.6 Å². The lowest BCUT2D eigenvalue weighted by Crippen LogP contribution is -2.47. The van der Waals surface area contributed by atoms with Crippen LogP contribution in [0, 0.1) is 0 Å². The van der Waals surface area contributed by atoms with E-state index in [0.717, 1.165) is 42.8 Å². The number of fused-ring (bicyclic) bond motifs is 1. The number of carbonyl (C=O) groups excluding carboxylic acids is 1. The van der Waals surface area contributed by atoms with Crippen LogP contribution in [0.3, 0.4) is 0 Å². The fourth-order valence-electron chi connectivity index (χ4n) is 3.16. The summed E-state index contributed by atoms with van der Waals surface area (Å²) in [4.78, 5) is 30.1. The first-order chi connectivity index (χ1) is 12.1. The van der Waals surface area contributed by atoms with Gasteiger partial charge < -0.3 is 14.4 Å². The third-order valence-electron chi connectivity index (χ3n) is 4.69. The lowest BCUT2D eigenvalue weighted by Gasteiger charge is -2.32. The fraction of sp³-hybridized carbons (Fsp3) is 0.333. The van der Waals surface area contributed by atoms with Crippen LogP contribution < -0.4 is 0 Å². The van der Waals surface area contributed by atoms with Crippen LogP contribution in [-0.2, 0) is 7.05 Å². The van der Waals surface area contributed by atoms with Crippen molar-refractivity contribution in [2.75, 3.05) is 33.2 Å². The average molecular weight is 336 g/mol. The highest BCUT2D eigenvalue weighted by molar-refractivity contribution is 5.95. The van der Waals surface area contributed by atoms with Crippen LogP contribution in [-0.4, -0.2) is 68.5 Å². The molecule has 0 atom stereocenters. The Kier molecular flexibility index (Phi) is 3.93. The van der Waals surface area contributed by atoms with Crippen molar-refractivity contribution in [2.24, 2.45) is 7.05 Å². The van der Waals surface area contributed by atoms with Crippen LogP contribution in [0.15, 0.2) is 36.9 Å². The Labute approximate surface area is 145 Å². The van der Waals surface area contributed by atoms with Gasteiger partial charge >= 0.3 is 0 Å². The predicted octanol–water partition coefficient (Wildman–Crippen LogP) is 1.42. The van der Waals surface area contributed by atoms with Crippen molar-refractivity contribution in [1.29, 1.82) is 0 Å². The zero-order valence-corrected chi connectivity index (χ0v) is 14.4. The summed E-state index contributed by atoms with van der Waals surface area (Å²) in [6.45, 7) is 3.21. The number of carbonyl (C=O) groups is 1. The van der Waals surface area contributed by atoms with Crippen LogP contribution >= 0.6 is 0 Å². The van der Waals surface area contributed by atoms with Gasteiger partial charge in [-0.3, -0.25) is 9.78 Å². The molecule has 1 amide bonds. The van der Waals surface area contributed by atoms with Gasteiger partial charge in [-0.05, 0) is 19.2 Å². The highest BCUT2D eigenvalue weighted by atomic mass is 16.2. The number of pyridine rings is 1. The molecule has 1 aliphatic rings. The van der Waals surface area contributed by atoms with Crippen molar-refractivity contribution < 1.29 is 4.79 Å². The van der Waals surface area contributed by atoms with Gasteiger partial charge in [0.25, 0.3) is 5.91 Å². The van der Waals surface area contributed by atoms with Crippen molar-refractivity contribution in [3.8, 4) is 11.3 Å². The van der Waals surface area contributed by atoms with Gasteiger partial charge in [0.15, 0.2) is 0 Å². The molecule has 1 fully saturated rings. The summed E-state index contributed by atoms with van der Waals surface area (Å²) in [7, 11) is 4.02. The number of piperazine rings is 1. The van der Waals surface area contributed by atoms with E-state index in [1.165, 1.54) is 0 Å². The summed E-state index contributed by atoms with van der Waals surface area (Å²) in [5.41, 5.74) is 2.91. The summed E-state index contributed by atoms with van der Waals surface area (Å²) in [6.07, 6.45) is 6.97. The SMILES string of the molecule is CN1CCN(C(=O)c2cncc(-c3ccnc4c3ccn4C)n2)CC1. The molecule has 0 radical (unpaired) electrons. The minimum atomic E-state index is -0.0548. The Hall–Kier alpha value is -2.80. The van der Waals surface area contributed by atoms with Crippen LogP contribution in [0.4, 0.5) is 0 Å². The first-order valence-corrected chi connectivity index (χ1v) is 8.34. The normalized spacial score (nSPS) is 15.7. The van der Waals surface area contributed by atoms with Crippen LogP contribution in [0.25, 0.3) is 22.3 Å². The summed E-state index contributed by atoms with van der Waals surface area (Å²) in [5, 5.41) is 1.00. The molecule has 4 heterocycles. The van der Waals surface area contributed by atoms with Gasteiger partial charge in [0.05, 0.1) is 18.1 Å². The minimum absolute atomic E-state index is 0.0548. The van der Waals surface area contributed by atoms with Crippen LogP contribution in [0.1, 0.15) is 10.5 Å². The Morgan fingerprint density at radius 3 is 2.68 bits per heavy atom. The molecule has 128 valence electrons. The maximum Gasteiger partial charge on any atom is 0.274 e. The van der Waals surface area contributed by atoms with Gasteiger partial charge in [0.2, 0.25) is 0 Å². The number of aryl methyl sites for hydroxylation is 1. The number of nitrogens with zero attached hydrogens (tertiary/aromatic N) is 6. The molecule has 0 N–H and O–H groups in total. The minimum Gasteiger partial charge on any atom is -0.336 e. The zero-order chi connectivity index (χ0) is 17.4. The van der Waals surface area contributed by atoms with E-state index in [9.17, 15) is 4.79 Å². The van der Waals surface area contributed by atoms with Crippen molar-refractivity contribution in [3.63, 3.8) is 0 Å². The molecule has 7 nitrogen and oxygen atoms in total. The molecule has 3 aromatic rings. The van der Waals surface area contributed by atoms with Gasteiger partial charge in [0, 0.05) is 56.6 Å². The Bertz CT molecular complexity index is 926. The van der Waals surface area contributed by atoms with Crippen molar-refractivity contribution in [2.45, 2.75) is 0 Å². The summed E-state index contributed by atoms with van der Waals surface area (Å²) in [6, 6.07) is 3.92. The number of aromatic nitrogens is 4. The van der Waals surface area contributed by atoms with E-state index in [1.807, 2.05) is 34.8 Å². The molecule has 0 aliphatic carbocycles. The number of amides is 1. The maximum atomic E-state index is 12.7. The third kappa shape index (κ3) is 2.87. The second kappa shape index (κ2) is 6.25. The van der Waals surface area contributed by atoms with E-state index in [0.29, 0.717) is 11.4 Å². The lowest BCUT2D eigenvalue weighted by atomic mass is 10.1. The van der Waals surface area contributed by atoms with Gasteiger partial charge in [-0.1, -0.05) is 0 Å². The van der Waals surface area contributed by atoms with Gasteiger partial charge in [-0.2, -0.15) is 0 Å². The lowest BCUT2D eigenvalue weighted by molar-refractivity contribution is 0.0658. The molecular weight excluding hydrogens is 316 g/mol. The van der Waals surface area contributed by atoms with E-state index in [4.69, 9.17) is 0 Å².